The minimum Gasteiger partial charge on any atom is -0.467 e. The normalized spacial score (nSPS) is 11.7. The fourth-order valence-electron chi connectivity index (χ4n) is 3.49. The van der Waals surface area contributed by atoms with E-state index < -0.39 is 17.6 Å². The van der Waals surface area contributed by atoms with Gasteiger partial charge >= 0.3 is 6.18 Å². The summed E-state index contributed by atoms with van der Waals surface area (Å²) < 4.78 is 59.0. The number of rotatable bonds is 9. The van der Waals surface area contributed by atoms with Crippen molar-refractivity contribution in [2.75, 3.05) is 0 Å². The van der Waals surface area contributed by atoms with E-state index in [-0.39, 0.29) is 37.8 Å². The van der Waals surface area contributed by atoms with Crippen LogP contribution < -0.4 is 5.32 Å². The molecule has 0 spiro atoms. The number of alkyl halides is 3. The van der Waals surface area contributed by atoms with Gasteiger partial charge in [-0.2, -0.15) is 13.2 Å². The summed E-state index contributed by atoms with van der Waals surface area (Å²) in [6.07, 6.45) is -2.95. The Morgan fingerprint density at radius 2 is 1.86 bits per heavy atom. The van der Waals surface area contributed by atoms with Crippen molar-refractivity contribution in [1.82, 2.24) is 15.2 Å². The van der Waals surface area contributed by atoms with Crippen LogP contribution in [0, 0.1) is 5.82 Å². The molecule has 0 bridgehead atoms. The van der Waals surface area contributed by atoms with Crippen molar-refractivity contribution in [3.05, 3.63) is 111 Å². The number of nitrogens with zero attached hydrogens (tertiary/aromatic N) is 2. The summed E-state index contributed by atoms with van der Waals surface area (Å²) in [5.41, 5.74) is 0.323. The van der Waals surface area contributed by atoms with E-state index >= 15 is 0 Å². The molecule has 0 radical (unpaired) electrons. The Balaban J connectivity index is 1.50. The topological polar surface area (TPSA) is 58.4 Å². The minimum absolute atomic E-state index is 0.137. The van der Waals surface area contributed by atoms with E-state index in [0.717, 1.165) is 12.1 Å². The maximum atomic E-state index is 14.3. The number of aromatic nitrogens is 1. The smallest absolute Gasteiger partial charge is 0.416 e. The summed E-state index contributed by atoms with van der Waals surface area (Å²) in [5, 5.41) is 4.91. The molecule has 0 saturated carbocycles. The Labute approximate surface area is 203 Å². The first-order valence-electron chi connectivity index (χ1n) is 10.6. The van der Waals surface area contributed by atoms with Crippen LogP contribution in [0.25, 0.3) is 0 Å². The second-order valence-electron chi connectivity index (χ2n) is 7.82. The number of nitrogens with one attached hydrogen (secondary N) is 1. The van der Waals surface area contributed by atoms with Crippen LogP contribution in [0.4, 0.5) is 17.6 Å². The van der Waals surface area contributed by atoms with Gasteiger partial charge < -0.3 is 9.73 Å². The lowest BCUT2D eigenvalue weighted by Crippen LogP contribution is -2.24. The predicted octanol–water partition coefficient (Wildman–Crippen LogP) is 6.03. The van der Waals surface area contributed by atoms with Crippen LogP contribution >= 0.6 is 11.3 Å². The standard InChI is InChI=1S/C25H21F4N3O2S/c26-21-9-2-1-6-18(21)14-32(13-17-5-3-7-19(11-17)25(27,28)29)15-23-31-22(16-35-23)24(33)30-12-20-8-4-10-34-20/h1-11,16H,12-15H2,(H,30,33). The first-order valence-corrected chi connectivity index (χ1v) is 11.5. The second kappa shape index (κ2) is 10.8. The van der Waals surface area contributed by atoms with Crippen molar-refractivity contribution in [2.24, 2.45) is 0 Å². The Morgan fingerprint density at radius 1 is 1.03 bits per heavy atom. The van der Waals surface area contributed by atoms with Crippen molar-refractivity contribution in [1.29, 1.82) is 0 Å². The molecule has 1 amide bonds. The number of furan rings is 1. The van der Waals surface area contributed by atoms with Crippen molar-refractivity contribution < 1.29 is 26.8 Å². The summed E-state index contributed by atoms with van der Waals surface area (Å²) in [4.78, 5) is 18.6. The molecule has 10 heteroatoms. The number of hydrogen-bond acceptors (Lipinski definition) is 5. The van der Waals surface area contributed by atoms with E-state index in [1.807, 2.05) is 0 Å². The molecule has 2 aromatic carbocycles. The molecule has 35 heavy (non-hydrogen) atoms. The monoisotopic (exact) mass is 503 g/mol. The maximum absolute atomic E-state index is 14.3. The fraction of sp³-hybridized carbons (Fsp3) is 0.200. The van der Waals surface area contributed by atoms with Crippen LogP contribution in [0.2, 0.25) is 0 Å². The van der Waals surface area contributed by atoms with Gasteiger partial charge in [-0.25, -0.2) is 9.37 Å². The molecule has 5 nitrogen and oxygen atoms in total. The highest BCUT2D eigenvalue weighted by molar-refractivity contribution is 7.09. The third-order valence-electron chi connectivity index (χ3n) is 5.16. The predicted molar refractivity (Wildman–Crippen MR) is 123 cm³/mol. The second-order valence-corrected chi connectivity index (χ2v) is 8.77. The van der Waals surface area contributed by atoms with E-state index in [9.17, 15) is 22.4 Å². The zero-order chi connectivity index (χ0) is 24.8. The number of thiazole rings is 1. The molecule has 0 atom stereocenters. The molecule has 182 valence electrons. The third-order valence-corrected chi connectivity index (χ3v) is 5.99. The van der Waals surface area contributed by atoms with E-state index in [1.54, 1.807) is 46.7 Å². The number of hydrogen-bond donors (Lipinski definition) is 1. The molecule has 4 rings (SSSR count). The highest BCUT2D eigenvalue weighted by Crippen LogP contribution is 2.30. The number of benzene rings is 2. The third kappa shape index (κ3) is 6.77. The quantitative estimate of drug-likeness (QED) is 0.284. The Bertz CT molecular complexity index is 1270. The van der Waals surface area contributed by atoms with Crippen LogP contribution in [0.5, 0.6) is 0 Å². The molecular weight excluding hydrogens is 482 g/mol. The maximum Gasteiger partial charge on any atom is 0.416 e. The molecular formula is C25H21F4N3O2S. The molecule has 0 aliphatic carbocycles. The van der Waals surface area contributed by atoms with Crippen molar-refractivity contribution >= 4 is 17.2 Å². The molecule has 0 saturated heterocycles. The van der Waals surface area contributed by atoms with Crippen LogP contribution in [0.3, 0.4) is 0 Å². The summed E-state index contributed by atoms with van der Waals surface area (Å²) in [7, 11) is 0. The fourth-order valence-corrected chi connectivity index (χ4v) is 4.31. The van der Waals surface area contributed by atoms with Gasteiger partial charge in [-0.05, 0) is 29.8 Å². The average molecular weight is 504 g/mol. The molecule has 2 heterocycles. The zero-order valence-corrected chi connectivity index (χ0v) is 19.2. The van der Waals surface area contributed by atoms with Gasteiger partial charge in [-0.3, -0.25) is 9.69 Å². The van der Waals surface area contributed by atoms with Crippen LogP contribution in [-0.4, -0.2) is 15.8 Å². The summed E-state index contributed by atoms with van der Waals surface area (Å²) >= 11 is 1.25. The molecule has 0 unspecified atom stereocenters. The average Bonchev–Trinajstić information content (AvgIpc) is 3.51. The van der Waals surface area contributed by atoms with E-state index in [0.29, 0.717) is 21.9 Å². The number of amides is 1. The van der Waals surface area contributed by atoms with Gasteiger partial charge in [0.25, 0.3) is 5.91 Å². The molecule has 0 fully saturated rings. The highest BCUT2D eigenvalue weighted by atomic mass is 32.1. The van der Waals surface area contributed by atoms with Crippen molar-refractivity contribution in [3.63, 3.8) is 0 Å². The van der Waals surface area contributed by atoms with Crippen molar-refractivity contribution in [3.8, 4) is 0 Å². The summed E-state index contributed by atoms with van der Waals surface area (Å²) in [6, 6.07) is 14.7. The lowest BCUT2D eigenvalue weighted by Gasteiger charge is -2.22. The number of carbonyl (C=O) groups is 1. The van der Waals surface area contributed by atoms with Gasteiger partial charge in [0, 0.05) is 24.0 Å². The van der Waals surface area contributed by atoms with Gasteiger partial charge in [-0.15, -0.1) is 11.3 Å². The molecule has 2 aromatic heterocycles. The number of halogens is 4. The van der Waals surface area contributed by atoms with Gasteiger partial charge in [-0.1, -0.05) is 36.4 Å². The van der Waals surface area contributed by atoms with Gasteiger partial charge in [0.15, 0.2) is 0 Å². The summed E-state index contributed by atoms with van der Waals surface area (Å²) in [5.74, 6) is -0.174. The first kappa shape index (κ1) is 24.6. The summed E-state index contributed by atoms with van der Waals surface area (Å²) in [6.45, 7) is 0.731. The highest BCUT2D eigenvalue weighted by Gasteiger charge is 2.30. The Hall–Kier alpha value is -3.50. The van der Waals surface area contributed by atoms with Crippen LogP contribution in [0.1, 0.15) is 37.9 Å². The molecule has 0 aliphatic heterocycles. The van der Waals surface area contributed by atoms with Gasteiger partial charge in [0.2, 0.25) is 0 Å². The van der Waals surface area contributed by atoms with Crippen molar-refractivity contribution in [2.45, 2.75) is 32.4 Å². The zero-order valence-electron chi connectivity index (χ0n) is 18.4. The van der Waals surface area contributed by atoms with Gasteiger partial charge in [0.1, 0.15) is 22.3 Å². The van der Waals surface area contributed by atoms with E-state index in [4.69, 9.17) is 4.42 Å². The molecule has 0 aliphatic rings. The SMILES string of the molecule is O=C(NCc1ccco1)c1csc(CN(Cc2cccc(C(F)(F)F)c2)Cc2ccccc2F)n1. The van der Waals surface area contributed by atoms with Crippen LogP contribution in [-0.2, 0) is 32.4 Å². The van der Waals surface area contributed by atoms with Gasteiger partial charge in [0.05, 0.1) is 24.9 Å². The lowest BCUT2D eigenvalue weighted by molar-refractivity contribution is -0.137. The first-order chi connectivity index (χ1) is 16.8. The van der Waals surface area contributed by atoms with Crippen LogP contribution in [0.15, 0.2) is 76.7 Å². The van der Waals surface area contributed by atoms with E-state index in [1.165, 1.54) is 29.7 Å². The van der Waals surface area contributed by atoms with E-state index in [2.05, 4.69) is 10.3 Å². The Kier molecular flexibility index (Phi) is 7.62. The number of carbonyl (C=O) groups excluding carboxylic acids is 1. The minimum atomic E-state index is -4.46. The Morgan fingerprint density at radius 3 is 2.60 bits per heavy atom. The molecule has 4 aromatic rings. The lowest BCUT2D eigenvalue weighted by atomic mass is 10.1. The molecule has 1 N–H and O–H groups in total. The largest absolute Gasteiger partial charge is 0.467 e.